The third-order valence-electron chi connectivity index (χ3n) is 5.10. The lowest BCUT2D eigenvalue weighted by Crippen LogP contribution is -2.47. The lowest BCUT2D eigenvalue weighted by atomic mass is 9.76. The van der Waals surface area contributed by atoms with Crippen LogP contribution in [0.4, 0.5) is 0 Å². The maximum absolute atomic E-state index is 12.7. The van der Waals surface area contributed by atoms with Crippen LogP contribution in [0.1, 0.15) is 65.2 Å². The van der Waals surface area contributed by atoms with E-state index in [1.165, 1.54) is 25.7 Å². The molecule has 0 radical (unpaired) electrons. The highest BCUT2D eigenvalue weighted by Crippen LogP contribution is 2.37. The summed E-state index contributed by atoms with van der Waals surface area (Å²) in [5, 5.41) is -0.155. The summed E-state index contributed by atoms with van der Waals surface area (Å²) in [7, 11) is -3.05. The predicted molar refractivity (Wildman–Crippen MR) is 79.5 cm³/mol. The van der Waals surface area contributed by atoms with E-state index in [0.717, 1.165) is 44.7 Å². The number of piperidine rings is 1. The van der Waals surface area contributed by atoms with Crippen molar-refractivity contribution in [2.24, 2.45) is 11.8 Å². The Morgan fingerprint density at radius 1 is 1.11 bits per heavy atom. The molecule has 0 N–H and O–H groups in total. The van der Waals surface area contributed by atoms with E-state index in [1.54, 1.807) is 0 Å². The molecule has 1 aliphatic carbocycles. The lowest BCUT2D eigenvalue weighted by Gasteiger charge is -2.41. The minimum Gasteiger partial charge on any atom is -0.212 e. The molecule has 1 aliphatic heterocycles. The van der Waals surface area contributed by atoms with E-state index in [-0.39, 0.29) is 5.25 Å². The normalized spacial score (nSPS) is 30.8. The van der Waals surface area contributed by atoms with Gasteiger partial charge in [0, 0.05) is 13.1 Å². The summed E-state index contributed by atoms with van der Waals surface area (Å²) in [6.07, 6.45) is 8.81. The molecule has 0 aromatic carbocycles. The molecule has 0 spiro atoms. The molecule has 0 aromatic heterocycles. The highest BCUT2D eigenvalue weighted by Gasteiger charge is 2.38. The minimum absolute atomic E-state index is 0.155. The molecule has 0 bridgehead atoms. The number of sulfonamides is 1. The molecule has 112 valence electrons. The standard InChI is InChI=1S/C15H29NO2S/c1-3-7-15(4-2)19(17,18)16-11-10-13-8-5-6-9-14(13)12-16/h13-15H,3-12H2,1-2H3. The Morgan fingerprint density at radius 2 is 1.79 bits per heavy atom. The molecule has 2 rings (SSSR count). The fourth-order valence-electron chi connectivity index (χ4n) is 3.90. The van der Waals surface area contributed by atoms with Crippen LogP contribution in [-0.2, 0) is 10.0 Å². The van der Waals surface area contributed by atoms with Gasteiger partial charge in [-0.05, 0) is 37.5 Å². The van der Waals surface area contributed by atoms with E-state index in [9.17, 15) is 8.42 Å². The Morgan fingerprint density at radius 3 is 2.42 bits per heavy atom. The van der Waals surface area contributed by atoms with E-state index in [2.05, 4.69) is 6.92 Å². The lowest BCUT2D eigenvalue weighted by molar-refractivity contribution is 0.135. The fraction of sp³-hybridized carbons (Fsp3) is 1.00. The monoisotopic (exact) mass is 287 g/mol. The highest BCUT2D eigenvalue weighted by atomic mass is 32.2. The zero-order chi connectivity index (χ0) is 13.9. The van der Waals surface area contributed by atoms with Crippen LogP contribution in [0.3, 0.4) is 0 Å². The molecule has 1 saturated carbocycles. The summed E-state index contributed by atoms with van der Waals surface area (Å²) < 4.78 is 27.2. The number of rotatable bonds is 5. The average Bonchev–Trinajstić information content (AvgIpc) is 2.44. The van der Waals surface area contributed by atoms with Gasteiger partial charge in [-0.2, -0.15) is 0 Å². The second kappa shape index (κ2) is 6.57. The van der Waals surface area contributed by atoms with Crippen molar-refractivity contribution in [2.45, 2.75) is 70.5 Å². The Balaban J connectivity index is 2.04. The van der Waals surface area contributed by atoms with E-state index < -0.39 is 10.0 Å². The largest absolute Gasteiger partial charge is 0.216 e. The van der Waals surface area contributed by atoms with Crippen molar-refractivity contribution in [1.82, 2.24) is 4.31 Å². The average molecular weight is 287 g/mol. The first kappa shape index (κ1) is 15.3. The molecule has 2 fully saturated rings. The highest BCUT2D eigenvalue weighted by molar-refractivity contribution is 7.89. The van der Waals surface area contributed by atoms with Crippen molar-refractivity contribution >= 4 is 10.0 Å². The van der Waals surface area contributed by atoms with Gasteiger partial charge < -0.3 is 0 Å². The molecular weight excluding hydrogens is 258 g/mol. The van der Waals surface area contributed by atoms with Gasteiger partial charge in [0.1, 0.15) is 0 Å². The molecule has 2 aliphatic rings. The zero-order valence-electron chi connectivity index (χ0n) is 12.5. The van der Waals surface area contributed by atoms with Crippen LogP contribution >= 0.6 is 0 Å². The molecule has 3 atom stereocenters. The van der Waals surface area contributed by atoms with Crippen molar-refractivity contribution in [3.63, 3.8) is 0 Å². The van der Waals surface area contributed by atoms with Crippen molar-refractivity contribution in [2.75, 3.05) is 13.1 Å². The van der Waals surface area contributed by atoms with Crippen molar-refractivity contribution in [3.8, 4) is 0 Å². The SMILES string of the molecule is CCCC(CC)S(=O)(=O)N1CCC2CCCCC2C1. The molecule has 4 heteroatoms. The van der Waals surface area contributed by atoms with E-state index >= 15 is 0 Å². The van der Waals surface area contributed by atoms with Gasteiger partial charge in [-0.15, -0.1) is 0 Å². The number of hydrogen-bond acceptors (Lipinski definition) is 2. The summed E-state index contributed by atoms with van der Waals surface area (Å²) in [6.45, 7) is 5.65. The first-order valence-corrected chi connectivity index (χ1v) is 9.58. The van der Waals surface area contributed by atoms with Crippen molar-refractivity contribution in [3.05, 3.63) is 0 Å². The number of fused-ring (bicyclic) bond motifs is 1. The molecule has 0 aromatic rings. The first-order chi connectivity index (χ1) is 9.09. The molecule has 1 heterocycles. The Labute approximate surface area is 118 Å². The van der Waals surface area contributed by atoms with E-state index in [0.29, 0.717) is 5.92 Å². The van der Waals surface area contributed by atoms with Gasteiger partial charge >= 0.3 is 0 Å². The van der Waals surface area contributed by atoms with Crippen molar-refractivity contribution < 1.29 is 8.42 Å². The van der Waals surface area contributed by atoms with Crippen LogP contribution in [0.5, 0.6) is 0 Å². The topological polar surface area (TPSA) is 37.4 Å². The molecule has 3 nitrogen and oxygen atoms in total. The van der Waals surface area contributed by atoms with Gasteiger partial charge in [0.05, 0.1) is 5.25 Å². The van der Waals surface area contributed by atoms with Gasteiger partial charge in [0.25, 0.3) is 0 Å². The predicted octanol–water partition coefficient (Wildman–Crippen LogP) is 3.41. The van der Waals surface area contributed by atoms with Gasteiger partial charge in [-0.1, -0.05) is 39.5 Å². The van der Waals surface area contributed by atoms with Gasteiger partial charge in [-0.3, -0.25) is 0 Å². The Hall–Kier alpha value is -0.0900. The second-order valence-corrected chi connectivity index (χ2v) is 8.53. The van der Waals surface area contributed by atoms with Crippen LogP contribution in [0.2, 0.25) is 0 Å². The maximum atomic E-state index is 12.7. The fourth-order valence-corrected chi connectivity index (χ4v) is 6.03. The quantitative estimate of drug-likeness (QED) is 0.777. The number of nitrogens with zero attached hydrogens (tertiary/aromatic N) is 1. The van der Waals surface area contributed by atoms with Crippen LogP contribution < -0.4 is 0 Å². The van der Waals surface area contributed by atoms with E-state index in [1.807, 2.05) is 11.2 Å². The summed E-state index contributed by atoms with van der Waals surface area (Å²) in [5.41, 5.74) is 0. The smallest absolute Gasteiger partial charge is 0.212 e. The van der Waals surface area contributed by atoms with Gasteiger partial charge in [-0.25, -0.2) is 12.7 Å². The van der Waals surface area contributed by atoms with Crippen LogP contribution in [0.25, 0.3) is 0 Å². The van der Waals surface area contributed by atoms with Gasteiger partial charge in [0.2, 0.25) is 10.0 Å². The number of hydrogen-bond donors (Lipinski definition) is 0. The third-order valence-corrected chi connectivity index (χ3v) is 7.56. The zero-order valence-corrected chi connectivity index (χ0v) is 13.3. The molecule has 0 amide bonds. The Bertz CT molecular complexity index is 380. The molecule has 19 heavy (non-hydrogen) atoms. The summed E-state index contributed by atoms with van der Waals surface area (Å²) in [4.78, 5) is 0. The van der Waals surface area contributed by atoms with Crippen molar-refractivity contribution in [1.29, 1.82) is 0 Å². The molecular formula is C15H29NO2S. The van der Waals surface area contributed by atoms with Gasteiger partial charge in [0.15, 0.2) is 0 Å². The second-order valence-electron chi connectivity index (χ2n) is 6.32. The summed E-state index contributed by atoms with van der Waals surface area (Å²) in [5.74, 6) is 1.43. The summed E-state index contributed by atoms with van der Waals surface area (Å²) >= 11 is 0. The maximum Gasteiger partial charge on any atom is 0.216 e. The summed E-state index contributed by atoms with van der Waals surface area (Å²) in [6, 6.07) is 0. The molecule has 3 unspecified atom stereocenters. The Kier molecular flexibility index (Phi) is 5.29. The third kappa shape index (κ3) is 3.33. The molecule has 1 saturated heterocycles. The van der Waals surface area contributed by atoms with E-state index in [4.69, 9.17) is 0 Å². The van der Waals surface area contributed by atoms with Crippen LogP contribution in [0, 0.1) is 11.8 Å². The van der Waals surface area contributed by atoms with Crippen LogP contribution in [0.15, 0.2) is 0 Å². The first-order valence-electron chi connectivity index (χ1n) is 8.08. The van der Waals surface area contributed by atoms with Crippen LogP contribution in [-0.4, -0.2) is 31.1 Å². The minimum atomic E-state index is -3.05.